The number of ketones is 1. The Morgan fingerprint density at radius 1 is 1.56 bits per heavy atom. The first-order valence-corrected chi connectivity index (χ1v) is 6.53. The summed E-state index contributed by atoms with van der Waals surface area (Å²) in [6.07, 6.45) is 4.11. The second-order valence-electron chi connectivity index (χ2n) is 4.71. The van der Waals surface area contributed by atoms with Gasteiger partial charge in [-0.3, -0.25) is 4.79 Å². The molecular formula is C13H15NOS. The van der Waals surface area contributed by atoms with E-state index in [-0.39, 0.29) is 11.2 Å². The first kappa shape index (κ1) is 11.3. The average Bonchev–Trinajstić information content (AvgIpc) is 2.91. The number of Topliss-reactive ketones (excluding diaryl/α,β-unsaturated/α-hetero) is 1. The van der Waals surface area contributed by atoms with E-state index >= 15 is 0 Å². The smallest absolute Gasteiger partial charge is 0.161 e. The van der Waals surface area contributed by atoms with Gasteiger partial charge in [0.25, 0.3) is 0 Å². The lowest BCUT2D eigenvalue weighted by atomic mass is 9.78. The van der Waals surface area contributed by atoms with Gasteiger partial charge in [-0.2, -0.15) is 5.26 Å². The molecule has 0 amide bonds. The molecule has 3 heteroatoms. The highest BCUT2D eigenvalue weighted by atomic mass is 32.1. The van der Waals surface area contributed by atoms with Gasteiger partial charge in [0.2, 0.25) is 0 Å². The third-order valence-corrected chi connectivity index (χ3v) is 4.46. The molecule has 0 spiro atoms. The van der Waals surface area contributed by atoms with Crippen LogP contribution < -0.4 is 0 Å². The molecule has 16 heavy (non-hydrogen) atoms. The predicted molar refractivity (Wildman–Crippen MR) is 64.3 cm³/mol. The minimum absolute atomic E-state index is 0.120. The third kappa shape index (κ3) is 1.90. The number of nitriles is 1. The summed E-state index contributed by atoms with van der Waals surface area (Å²) in [5.41, 5.74) is -0.260. The molecule has 0 aliphatic heterocycles. The van der Waals surface area contributed by atoms with E-state index < -0.39 is 5.92 Å². The van der Waals surface area contributed by atoms with Gasteiger partial charge in [-0.25, -0.2) is 0 Å². The minimum atomic E-state index is -0.553. The van der Waals surface area contributed by atoms with Crippen molar-refractivity contribution in [1.82, 2.24) is 0 Å². The van der Waals surface area contributed by atoms with Gasteiger partial charge in [0.1, 0.15) is 5.92 Å². The van der Waals surface area contributed by atoms with Crippen LogP contribution in [0.15, 0.2) is 17.5 Å². The van der Waals surface area contributed by atoms with Gasteiger partial charge in [-0.15, -0.1) is 11.3 Å². The molecule has 2 nitrogen and oxygen atoms in total. The molecule has 1 aliphatic rings. The number of thiophene rings is 1. The zero-order valence-corrected chi connectivity index (χ0v) is 10.2. The van der Waals surface area contributed by atoms with Crippen LogP contribution in [0.5, 0.6) is 0 Å². The normalized spacial score (nSPS) is 20.2. The Hall–Kier alpha value is -1.14. The van der Waals surface area contributed by atoms with Crippen LogP contribution in [0.1, 0.15) is 43.4 Å². The summed E-state index contributed by atoms with van der Waals surface area (Å²) >= 11 is 1.50. The highest BCUT2D eigenvalue weighted by Gasteiger charge is 2.40. The number of hydrogen-bond acceptors (Lipinski definition) is 3. The van der Waals surface area contributed by atoms with E-state index in [1.165, 1.54) is 11.3 Å². The van der Waals surface area contributed by atoms with E-state index in [0.29, 0.717) is 0 Å². The van der Waals surface area contributed by atoms with Crippen molar-refractivity contribution in [3.05, 3.63) is 22.4 Å². The van der Waals surface area contributed by atoms with Crippen LogP contribution in [0, 0.1) is 16.7 Å². The zero-order valence-electron chi connectivity index (χ0n) is 9.40. The third-order valence-electron chi connectivity index (χ3n) is 3.52. The molecule has 0 N–H and O–H groups in total. The van der Waals surface area contributed by atoms with Crippen LogP contribution in [0.3, 0.4) is 0 Å². The SMILES string of the molecule is CC1(C(=O)C(C#N)c2cccs2)CCCC1. The Labute approximate surface area is 99.9 Å². The maximum absolute atomic E-state index is 12.4. The number of hydrogen-bond donors (Lipinski definition) is 0. The molecule has 1 atom stereocenters. The zero-order chi connectivity index (χ0) is 11.6. The fraction of sp³-hybridized carbons (Fsp3) is 0.538. The van der Waals surface area contributed by atoms with Crippen molar-refractivity contribution in [2.45, 2.75) is 38.5 Å². The van der Waals surface area contributed by atoms with E-state index in [1.54, 1.807) is 0 Å². The lowest BCUT2D eigenvalue weighted by Gasteiger charge is -2.23. The molecule has 1 heterocycles. The average molecular weight is 233 g/mol. The van der Waals surface area contributed by atoms with Gasteiger partial charge in [0, 0.05) is 10.3 Å². The summed E-state index contributed by atoms with van der Waals surface area (Å²) in [6, 6.07) is 5.95. The minimum Gasteiger partial charge on any atom is -0.297 e. The van der Waals surface area contributed by atoms with Gasteiger partial charge in [0.15, 0.2) is 5.78 Å². The summed E-state index contributed by atoms with van der Waals surface area (Å²) < 4.78 is 0. The fourth-order valence-corrected chi connectivity index (χ4v) is 3.22. The summed E-state index contributed by atoms with van der Waals surface area (Å²) in [5.74, 6) is -0.432. The van der Waals surface area contributed by atoms with Crippen LogP contribution in [0.2, 0.25) is 0 Å². The first-order valence-electron chi connectivity index (χ1n) is 5.65. The lowest BCUT2D eigenvalue weighted by Crippen LogP contribution is -2.29. The molecular weight excluding hydrogens is 218 g/mol. The number of nitrogens with zero attached hydrogens (tertiary/aromatic N) is 1. The van der Waals surface area contributed by atoms with Crippen molar-refractivity contribution >= 4 is 17.1 Å². The molecule has 1 fully saturated rings. The topological polar surface area (TPSA) is 40.9 Å². The molecule has 0 aromatic carbocycles. The molecule has 0 saturated heterocycles. The first-order chi connectivity index (χ1) is 7.67. The molecule has 0 radical (unpaired) electrons. The van der Waals surface area contributed by atoms with Crippen LogP contribution >= 0.6 is 11.3 Å². The van der Waals surface area contributed by atoms with Crippen molar-refractivity contribution in [1.29, 1.82) is 5.26 Å². The van der Waals surface area contributed by atoms with Gasteiger partial charge >= 0.3 is 0 Å². The van der Waals surface area contributed by atoms with Crippen molar-refractivity contribution in [2.24, 2.45) is 5.41 Å². The van der Waals surface area contributed by atoms with Crippen molar-refractivity contribution < 1.29 is 4.79 Å². The van der Waals surface area contributed by atoms with E-state index in [4.69, 9.17) is 0 Å². The number of carbonyl (C=O) groups excluding carboxylic acids is 1. The van der Waals surface area contributed by atoms with E-state index in [1.807, 2.05) is 24.4 Å². The summed E-state index contributed by atoms with van der Waals surface area (Å²) in [5, 5.41) is 11.1. The van der Waals surface area contributed by atoms with E-state index in [9.17, 15) is 10.1 Å². The predicted octanol–water partition coefficient (Wildman–Crippen LogP) is 3.50. The van der Waals surface area contributed by atoms with Crippen LogP contribution in [0.25, 0.3) is 0 Å². The largest absolute Gasteiger partial charge is 0.297 e. The maximum Gasteiger partial charge on any atom is 0.161 e. The van der Waals surface area contributed by atoms with Crippen LogP contribution in [-0.4, -0.2) is 5.78 Å². The molecule has 1 saturated carbocycles. The highest BCUT2D eigenvalue weighted by molar-refractivity contribution is 7.10. The number of rotatable bonds is 3. The second kappa shape index (κ2) is 4.39. The number of carbonyl (C=O) groups is 1. The Morgan fingerprint density at radius 2 is 2.25 bits per heavy atom. The van der Waals surface area contributed by atoms with Gasteiger partial charge in [-0.05, 0) is 24.3 Å². The van der Waals surface area contributed by atoms with Gasteiger partial charge < -0.3 is 0 Å². The Morgan fingerprint density at radius 3 is 2.75 bits per heavy atom. The molecule has 1 aliphatic carbocycles. The van der Waals surface area contributed by atoms with Crippen molar-refractivity contribution in [3.63, 3.8) is 0 Å². The standard InChI is InChI=1S/C13H15NOS/c1-13(6-2-3-7-13)12(15)10(9-14)11-5-4-8-16-11/h4-5,8,10H,2-3,6-7H2,1H3. The Balaban J connectivity index is 2.23. The molecule has 0 bridgehead atoms. The second-order valence-corrected chi connectivity index (χ2v) is 5.69. The lowest BCUT2D eigenvalue weighted by molar-refractivity contribution is -0.127. The summed E-state index contributed by atoms with van der Waals surface area (Å²) in [6.45, 7) is 2.01. The highest BCUT2D eigenvalue weighted by Crippen LogP contribution is 2.42. The molecule has 1 unspecified atom stereocenters. The maximum atomic E-state index is 12.4. The van der Waals surface area contributed by atoms with Gasteiger partial charge in [0.05, 0.1) is 6.07 Å². The molecule has 84 valence electrons. The van der Waals surface area contributed by atoms with E-state index in [2.05, 4.69) is 6.07 Å². The Kier molecular flexibility index (Phi) is 3.11. The quantitative estimate of drug-likeness (QED) is 0.801. The Bertz CT molecular complexity index is 410. The van der Waals surface area contributed by atoms with Crippen molar-refractivity contribution in [3.8, 4) is 6.07 Å². The molecule has 1 aromatic rings. The van der Waals surface area contributed by atoms with Crippen LogP contribution in [0.4, 0.5) is 0 Å². The van der Waals surface area contributed by atoms with Crippen molar-refractivity contribution in [2.75, 3.05) is 0 Å². The van der Waals surface area contributed by atoms with Gasteiger partial charge in [-0.1, -0.05) is 25.8 Å². The summed E-state index contributed by atoms with van der Waals surface area (Å²) in [4.78, 5) is 13.3. The molecule has 1 aromatic heterocycles. The summed E-state index contributed by atoms with van der Waals surface area (Å²) in [7, 11) is 0. The van der Waals surface area contributed by atoms with Crippen LogP contribution in [-0.2, 0) is 4.79 Å². The fourth-order valence-electron chi connectivity index (χ4n) is 2.46. The molecule has 2 rings (SSSR count). The monoisotopic (exact) mass is 233 g/mol. The van der Waals surface area contributed by atoms with E-state index in [0.717, 1.165) is 30.6 Å².